The molecule has 0 spiro atoms. The zero-order chi connectivity index (χ0) is 15.2. The molecule has 2 nitrogen and oxygen atoms in total. The number of aryl methyl sites for hydroxylation is 1. The minimum absolute atomic E-state index is 0.807. The SMILES string of the molecule is Cc1ccccc1C=Nc1ccc(Oc2ccccc2)cc1. The summed E-state index contributed by atoms with van der Waals surface area (Å²) in [6.07, 6.45) is 1.89. The van der Waals surface area contributed by atoms with Crippen molar-refractivity contribution in [2.45, 2.75) is 6.92 Å². The minimum Gasteiger partial charge on any atom is -0.457 e. The molecule has 0 radical (unpaired) electrons. The average Bonchev–Trinajstić information content (AvgIpc) is 2.56. The minimum atomic E-state index is 0.807. The molecular formula is C20H17NO. The molecule has 0 unspecified atom stereocenters. The summed E-state index contributed by atoms with van der Waals surface area (Å²) in [6, 6.07) is 25.7. The maximum atomic E-state index is 5.76. The van der Waals surface area contributed by atoms with Gasteiger partial charge in [0.25, 0.3) is 0 Å². The zero-order valence-corrected chi connectivity index (χ0v) is 12.4. The van der Waals surface area contributed by atoms with Crippen LogP contribution in [0.1, 0.15) is 11.1 Å². The van der Waals surface area contributed by atoms with E-state index in [2.05, 4.69) is 24.0 Å². The lowest BCUT2D eigenvalue weighted by molar-refractivity contribution is 0.483. The van der Waals surface area contributed by atoms with Gasteiger partial charge in [0, 0.05) is 6.21 Å². The molecule has 0 saturated carbocycles. The van der Waals surface area contributed by atoms with E-state index >= 15 is 0 Å². The number of aliphatic imine (C=N–C) groups is 1. The number of para-hydroxylation sites is 1. The van der Waals surface area contributed by atoms with E-state index < -0.39 is 0 Å². The highest BCUT2D eigenvalue weighted by Crippen LogP contribution is 2.23. The van der Waals surface area contributed by atoms with Gasteiger partial charge in [-0.05, 0) is 54.4 Å². The van der Waals surface area contributed by atoms with Gasteiger partial charge in [0.05, 0.1) is 5.69 Å². The molecule has 0 fully saturated rings. The fourth-order valence-corrected chi connectivity index (χ4v) is 2.10. The molecule has 2 heteroatoms. The van der Waals surface area contributed by atoms with E-state index in [1.165, 1.54) is 5.56 Å². The first-order chi connectivity index (χ1) is 10.8. The lowest BCUT2D eigenvalue weighted by Crippen LogP contribution is -1.85. The second-order valence-corrected chi connectivity index (χ2v) is 5.02. The molecule has 0 aromatic heterocycles. The Morgan fingerprint density at radius 1 is 0.727 bits per heavy atom. The quantitative estimate of drug-likeness (QED) is 0.577. The number of hydrogen-bond acceptors (Lipinski definition) is 2. The van der Waals surface area contributed by atoms with E-state index in [1.54, 1.807) is 0 Å². The van der Waals surface area contributed by atoms with Gasteiger partial charge in [-0.1, -0.05) is 42.5 Å². The molecule has 3 rings (SSSR count). The van der Waals surface area contributed by atoms with Crippen LogP contribution >= 0.6 is 0 Å². The summed E-state index contributed by atoms with van der Waals surface area (Å²) in [5.41, 5.74) is 3.26. The first-order valence-corrected chi connectivity index (χ1v) is 7.24. The van der Waals surface area contributed by atoms with Crippen LogP contribution in [0.2, 0.25) is 0 Å². The highest BCUT2D eigenvalue weighted by Gasteiger charge is 1.97. The topological polar surface area (TPSA) is 21.6 Å². The van der Waals surface area contributed by atoms with Crippen LogP contribution in [0.5, 0.6) is 11.5 Å². The molecule has 0 aliphatic heterocycles. The highest BCUT2D eigenvalue weighted by molar-refractivity contribution is 5.83. The zero-order valence-electron chi connectivity index (χ0n) is 12.4. The Morgan fingerprint density at radius 3 is 2.09 bits per heavy atom. The van der Waals surface area contributed by atoms with E-state index in [-0.39, 0.29) is 0 Å². The first kappa shape index (κ1) is 14.1. The normalized spacial score (nSPS) is 10.8. The lowest BCUT2D eigenvalue weighted by atomic mass is 10.1. The van der Waals surface area contributed by atoms with Crippen molar-refractivity contribution in [1.29, 1.82) is 0 Å². The van der Waals surface area contributed by atoms with Crippen molar-refractivity contribution in [2.24, 2.45) is 4.99 Å². The van der Waals surface area contributed by atoms with Crippen LogP contribution in [0.15, 0.2) is 83.9 Å². The van der Waals surface area contributed by atoms with Crippen molar-refractivity contribution in [3.63, 3.8) is 0 Å². The number of ether oxygens (including phenoxy) is 1. The average molecular weight is 287 g/mol. The smallest absolute Gasteiger partial charge is 0.127 e. The van der Waals surface area contributed by atoms with Gasteiger partial charge in [0.2, 0.25) is 0 Å². The summed E-state index contributed by atoms with van der Waals surface area (Å²) in [7, 11) is 0. The molecule has 108 valence electrons. The summed E-state index contributed by atoms with van der Waals surface area (Å²) < 4.78 is 5.76. The van der Waals surface area contributed by atoms with Crippen LogP contribution in [-0.4, -0.2) is 6.21 Å². The molecule has 0 heterocycles. The predicted molar refractivity (Wildman–Crippen MR) is 91.4 cm³/mol. The number of nitrogens with zero attached hydrogens (tertiary/aromatic N) is 1. The molecule has 22 heavy (non-hydrogen) atoms. The number of benzene rings is 3. The Balaban J connectivity index is 1.71. The number of rotatable bonds is 4. The first-order valence-electron chi connectivity index (χ1n) is 7.24. The predicted octanol–water partition coefficient (Wildman–Crippen LogP) is 5.54. The van der Waals surface area contributed by atoms with E-state index in [0.29, 0.717) is 0 Å². The fraction of sp³-hybridized carbons (Fsp3) is 0.0500. The van der Waals surface area contributed by atoms with Crippen LogP contribution < -0.4 is 4.74 Å². The van der Waals surface area contributed by atoms with Crippen LogP contribution in [0.4, 0.5) is 5.69 Å². The van der Waals surface area contributed by atoms with Crippen LogP contribution in [0.3, 0.4) is 0 Å². The van der Waals surface area contributed by atoms with Gasteiger partial charge in [0.15, 0.2) is 0 Å². The van der Waals surface area contributed by atoms with Gasteiger partial charge >= 0.3 is 0 Å². The molecule has 0 amide bonds. The summed E-state index contributed by atoms with van der Waals surface area (Å²) in [5, 5.41) is 0. The van der Waals surface area contributed by atoms with Gasteiger partial charge in [-0.15, -0.1) is 0 Å². The molecular weight excluding hydrogens is 270 g/mol. The monoisotopic (exact) mass is 287 g/mol. The second kappa shape index (κ2) is 6.72. The third kappa shape index (κ3) is 3.61. The van der Waals surface area contributed by atoms with Crippen molar-refractivity contribution in [3.05, 3.63) is 90.0 Å². The molecule has 0 saturated heterocycles. The Labute approximate surface area is 130 Å². The van der Waals surface area contributed by atoms with Gasteiger partial charge in [0.1, 0.15) is 11.5 Å². The summed E-state index contributed by atoms with van der Waals surface area (Å²) in [5.74, 6) is 1.64. The van der Waals surface area contributed by atoms with E-state index in [4.69, 9.17) is 4.74 Å². The maximum Gasteiger partial charge on any atom is 0.127 e. The van der Waals surface area contributed by atoms with Gasteiger partial charge < -0.3 is 4.74 Å². The Kier molecular flexibility index (Phi) is 4.30. The molecule has 0 aliphatic carbocycles. The molecule has 0 bridgehead atoms. The molecule has 0 N–H and O–H groups in total. The third-order valence-corrected chi connectivity index (χ3v) is 3.36. The highest BCUT2D eigenvalue weighted by atomic mass is 16.5. The molecule has 0 atom stereocenters. The Bertz CT molecular complexity index is 761. The molecule has 0 aliphatic rings. The Morgan fingerprint density at radius 2 is 1.36 bits per heavy atom. The van der Waals surface area contributed by atoms with Crippen LogP contribution in [0.25, 0.3) is 0 Å². The third-order valence-electron chi connectivity index (χ3n) is 3.36. The Hall–Kier alpha value is -2.87. The van der Waals surface area contributed by atoms with Crippen molar-refractivity contribution in [2.75, 3.05) is 0 Å². The summed E-state index contributed by atoms with van der Waals surface area (Å²) in [6.45, 7) is 2.08. The van der Waals surface area contributed by atoms with Crippen molar-refractivity contribution in [3.8, 4) is 11.5 Å². The number of hydrogen-bond donors (Lipinski definition) is 0. The van der Waals surface area contributed by atoms with E-state index in [9.17, 15) is 0 Å². The van der Waals surface area contributed by atoms with Gasteiger partial charge in [-0.2, -0.15) is 0 Å². The standard InChI is InChI=1S/C20H17NO/c1-16-7-5-6-8-17(16)15-21-18-11-13-20(14-12-18)22-19-9-3-2-4-10-19/h2-15H,1H3. The van der Waals surface area contributed by atoms with Crippen molar-refractivity contribution in [1.82, 2.24) is 0 Å². The lowest BCUT2D eigenvalue weighted by Gasteiger charge is -2.05. The van der Waals surface area contributed by atoms with Crippen molar-refractivity contribution >= 4 is 11.9 Å². The van der Waals surface area contributed by atoms with Gasteiger partial charge in [-0.3, -0.25) is 4.99 Å². The largest absolute Gasteiger partial charge is 0.457 e. The van der Waals surface area contributed by atoms with E-state index in [0.717, 1.165) is 22.7 Å². The molecule has 3 aromatic rings. The summed E-state index contributed by atoms with van der Waals surface area (Å²) >= 11 is 0. The fourth-order valence-electron chi connectivity index (χ4n) is 2.10. The summed E-state index contributed by atoms with van der Waals surface area (Å²) in [4.78, 5) is 4.50. The van der Waals surface area contributed by atoms with E-state index in [1.807, 2.05) is 72.9 Å². The van der Waals surface area contributed by atoms with Crippen molar-refractivity contribution < 1.29 is 4.74 Å². The second-order valence-electron chi connectivity index (χ2n) is 5.02. The molecule has 3 aromatic carbocycles. The van der Waals surface area contributed by atoms with Gasteiger partial charge in [-0.25, -0.2) is 0 Å². The van der Waals surface area contributed by atoms with Crippen LogP contribution in [0, 0.1) is 6.92 Å². The van der Waals surface area contributed by atoms with Crippen LogP contribution in [-0.2, 0) is 0 Å². The maximum absolute atomic E-state index is 5.76.